The normalized spacial score (nSPS) is 11.3. The van der Waals surface area contributed by atoms with Crippen LogP contribution in [0, 0.1) is 0 Å². The van der Waals surface area contributed by atoms with E-state index in [2.05, 4.69) is 0 Å². The molecule has 0 atom stereocenters. The number of Topliss-reactive ketones (excluding diaryl/α,β-unsaturated/α-hetero) is 1. The molecule has 0 spiro atoms. The molecule has 0 aliphatic rings. The Morgan fingerprint density at radius 3 is 1.92 bits per heavy atom. The largest absolute Gasteiger partial charge is 0.488 e. The summed E-state index contributed by atoms with van der Waals surface area (Å²) in [6, 6.07) is 15.1. The van der Waals surface area contributed by atoms with Crippen molar-refractivity contribution in [2.45, 2.75) is 13.3 Å². The van der Waals surface area contributed by atoms with Crippen molar-refractivity contribution in [3.8, 4) is 0 Å². The number of carbonyl (C=O) groups is 1. The monoisotopic (exact) mass is 323 g/mol. The lowest BCUT2D eigenvalue weighted by atomic mass is 9.79. The minimum atomic E-state index is -1.48. The van der Waals surface area contributed by atoms with Gasteiger partial charge in [0.25, 0.3) is 0 Å². The van der Waals surface area contributed by atoms with Crippen molar-refractivity contribution in [2.75, 3.05) is 19.0 Å². The zero-order chi connectivity index (χ0) is 17.7. The van der Waals surface area contributed by atoms with Crippen LogP contribution in [-0.4, -0.2) is 37.0 Å². The number of ketones is 1. The zero-order valence-electron chi connectivity index (χ0n) is 14.2. The van der Waals surface area contributed by atoms with Gasteiger partial charge in [-0.25, -0.2) is 0 Å². The second kappa shape index (κ2) is 7.95. The number of carbonyl (C=O) groups excluding carboxylic acids is 1. The lowest BCUT2D eigenvalue weighted by molar-refractivity contribution is -0.116. The van der Waals surface area contributed by atoms with Crippen LogP contribution in [0.3, 0.4) is 0 Å². The molecule has 0 unspecified atom stereocenters. The Morgan fingerprint density at radius 1 is 1.00 bits per heavy atom. The maximum absolute atomic E-state index is 11.4. The second-order valence-corrected chi connectivity index (χ2v) is 5.96. The van der Waals surface area contributed by atoms with Gasteiger partial charge < -0.3 is 14.9 Å². The van der Waals surface area contributed by atoms with E-state index >= 15 is 0 Å². The summed E-state index contributed by atoms with van der Waals surface area (Å²) >= 11 is 0. The molecule has 0 aromatic heterocycles. The van der Waals surface area contributed by atoms with Gasteiger partial charge in [0.1, 0.15) is 5.78 Å². The van der Waals surface area contributed by atoms with Gasteiger partial charge >= 0.3 is 7.12 Å². The topological polar surface area (TPSA) is 60.8 Å². The molecular weight excluding hydrogens is 301 g/mol. The van der Waals surface area contributed by atoms with Crippen LogP contribution in [0.2, 0.25) is 0 Å². The Labute approximate surface area is 143 Å². The number of hydrogen-bond acceptors (Lipinski definition) is 4. The van der Waals surface area contributed by atoms with Crippen LogP contribution >= 0.6 is 0 Å². The van der Waals surface area contributed by atoms with Crippen molar-refractivity contribution in [1.82, 2.24) is 0 Å². The molecule has 24 heavy (non-hydrogen) atoms. The van der Waals surface area contributed by atoms with Gasteiger partial charge in [-0.3, -0.25) is 4.79 Å². The number of nitrogens with zero attached hydrogens (tertiary/aromatic N) is 1. The number of hydrogen-bond donors (Lipinski definition) is 2. The maximum Gasteiger partial charge on any atom is 0.488 e. The Balaban J connectivity index is 2.41. The Kier molecular flexibility index (Phi) is 5.96. The average molecular weight is 323 g/mol. The van der Waals surface area contributed by atoms with Gasteiger partial charge in [-0.1, -0.05) is 42.5 Å². The van der Waals surface area contributed by atoms with Crippen LogP contribution in [-0.2, 0) is 4.79 Å². The minimum absolute atomic E-state index is 0.0970. The van der Waals surface area contributed by atoms with E-state index in [9.17, 15) is 14.8 Å². The fourth-order valence-corrected chi connectivity index (χ4v) is 2.42. The number of anilines is 1. The lowest BCUT2D eigenvalue weighted by Crippen LogP contribution is -2.29. The average Bonchev–Trinajstić information content (AvgIpc) is 2.55. The first-order chi connectivity index (χ1) is 11.4. The molecule has 0 amide bonds. The van der Waals surface area contributed by atoms with E-state index in [4.69, 9.17) is 0 Å². The molecule has 0 aliphatic heterocycles. The smallest absolute Gasteiger partial charge is 0.423 e. The first kappa shape index (κ1) is 18.0. The van der Waals surface area contributed by atoms with Gasteiger partial charge in [-0.2, -0.15) is 0 Å². The van der Waals surface area contributed by atoms with Crippen molar-refractivity contribution in [1.29, 1.82) is 0 Å². The molecule has 0 radical (unpaired) electrons. The zero-order valence-corrected chi connectivity index (χ0v) is 14.2. The molecule has 2 aromatic carbocycles. The van der Waals surface area contributed by atoms with Gasteiger partial charge in [0.2, 0.25) is 0 Å². The molecule has 2 rings (SSSR count). The van der Waals surface area contributed by atoms with Gasteiger partial charge in [-0.15, -0.1) is 0 Å². The quantitative estimate of drug-likeness (QED) is 0.797. The third-order valence-electron chi connectivity index (χ3n) is 3.81. The fourth-order valence-electron chi connectivity index (χ4n) is 2.42. The van der Waals surface area contributed by atoms with E-state index in [1.54, 1.807) is 19.1 Å². The van der Waals surface area contributed by atoms with E-state index in [-0.39, 0.29) is 5.78 Å². The summed E-state index contributed by atoms with van der Waals surface area (Å²) in [6.07, 6.45) is 2.27. The summed E-state index contributed by atoms with van der Waals surface area (Å²) in [5, 5.41) is 18.4. The lowest BCUT2D eigenvalue weighted by Gasteiger charge is -2.14. The van der Waals surface area contributed by atoms with Crippen LogP contribution in [0.5, 0.6) is 0 Å². The molecule has 124 valence electrons. The predicted molar refractivity (Wildman–Crippen MR) is 99.4 cm³/mol. The highest BCUT2D eigenvalue weighted by atomic mass is 16.4. The summed E-state index contributed by atoms with van der Waals surface area (Å²) in [6.45, 7) is 1.56. The Morgan fingerprint density at radius 2 is 1.50 bits per heavy atom. The van der Waals surface area contributed by atoms with Gasteiger partial charge in [0, 0.05) is 26.2 Å². The van der Waals surface area contributed by atoms with E-state index < -0.39 is 7.12 Å². The van der Waals surface area contributed by atoms with Crippen LogP contribution in [0.1, 0.15) is 24.5 Å². The number of benzene rings is 2. The molecule has 5 heteroatoms. The highest BCUT2D eigenvalue weighted by molar-refractivity contribution is 6.58. The molecule has 0 aliphatic carbocycles. The van der Waals surface area contributed by atoms with E-state index in [1.165, 1.54) is 0 Å². The van der Waals surface area contributed by atoms with Crippen LogP contribution < -0.4 is 10.4 Å². The van der Waals surface area contributed by atoms with E-state index in [1.807, 2.05) is 61.5 Å². The molecule has 0 heterocycles. The summed E-state index contributed by atoms with van der Waals surface area (Å²) in [4.78, 5) is 13.4. The van der Waals surface area contributed by atoms with Crippen molar-refractivity contribution < 1.29 is 14.8 Å². The van der Waals surface area contributed by atoms with E-state index in [0.717, 1.165) is 22.4 Å². The Bertz CT molecular complexity index is 666. The Hall–Kier alpha value is -2.37. The van der Waals surface area contributed by atoms with Crippen molar-refractivity contribution in [2.24, 2.45) is 0 Å². The van der Waals surface area contributed by atoms with Crippen molar-refractivity contribution >= 4 is 29.6 Å². The SMILES string of the molecule is CC(=O)CC=C(c1ccc(B(O)O)cc1)c1ccc(N(C)C)cc1. The summed E-state index contributed by atoms with van der Waals surface area (Å²) in [7, 11) is 2.49. The maximum atomic E-state index is 11.4. The molecule has 0 saturated heterocycles. The van der Waals surface area contributed by atoms with Crippen molar-refractivity contribution in [3.63, 3.8) is 0 Å². The summed E-state index contributed by atoms with van der Waals surface area (Å²) in [5.74, 6) is 0.0970. The molecule has 2 aromatic rings. The van der Waals surface area contributed by atoms with Gasteiger partial charge in [0.15, 0.2) is 0 Å². The van der Waals surface area contributed by atoms with Crippen LogP contribution in [0.25, 0.3) is 5.57 Å². The highest BCUT2D eigenvalue weighted by Crippen LogP contribution is 2.25. The molecular formula is C19H22BNO3. The summed E-state index contributed by atoms with van der Waals surface area (Å²) < 4.78 is 0. The summed E-state index contributed by atoms with van der Waals surface area (Å²) in [5.41, 5.74) is 4.43. The van der Waals surface area contributed by atoms with Crippen molar-refractivity contribution in [3.05, 3.63) is 65.7 Å². The fraction of sp³-hybridized carbons (Fsp3) is 0.211. The minimum Gasteiger partial charge on any atom is -0.423 e. The highest BCUT2D eigenvalue weighted by Gasteiger charge is 2.12. The standard InChI is InChI=1S/C19H22BNO3/c1-14(22)4-13-19(15-5-9-17(10-6-15)20(23)24)16-7-11-18(12-8-16)21(2)3/h5-13,23-24H,4H2,1-3H3. The molecule has 0 bridgehead atoms. The third-order valence-corrected chi connectivity index (χ3v) is 3.81. The number of allylic oxidation sites excluding steroid dienone is 1. The van der Waals surface area contributed by atoms with Crippen LogP contribution in [0.15, 0.2) is 54.6 Å². The van der Waals surface area contributed by atoms with Crippen LogP contribution in [0.4, 0.5) is 5.69 Å². The molecule has 0 fully saturated rings. The van der Waals surface area contributed by atoms with Gasteiger partial charge in [-0.05, 0) is 41.2 Å². The second-order valence-electron chi connectivity index (χ2n) is 5.96. The molecule has 4 nitrogen and oxygen atoms in total. The first-order valence-corrected chi connectivity index (χ1v) is 7.82. The predicted octanol–water partition coefficient (Wildman–Crippen LogP) is 1.84. The molecule has 0 saturated carbocycles. The van der Waals surface area contributed by atoms with E-state index in [0.29, 0.717) is 11.9 Å². The molecule has 2 N–H and O–H groups in total. The number of rotatable bonds is 6. The van der Waals surface area contributed by atoms with Gasteiger partial charge in [0.05, 0.1) is 0 Å². The third kappa shape index (κ3) is 4.57. The first-order valence-electron chi connectivity index (χ1n) is 7.82.